The summed E-state index contributed by atoms with van der Waals surface area (Å²) in [6, 6.07) is 0. The highest BCUT2D eigenvalue weighted by atomic mass is 31.2. The van der Waals surface area contributed by atoms with E-state index < -0.39 is 53.1 Å². The maximum absolute atomic E-state index is 14.1. The van der Waals surface area contributed by atoms with Gasteiger partial charge in [-0.3, -0.25) is 13.7 Å². The van der Waals surface area contributed by atoms with Crippen LogP contribution in [0.2, 0.25) is 0 Å². The Morgan fingerprint density at radius 2 is 0.667 bits per heavy atom. The monoisotopic (exact) mass is 900 g/mol. The lowest BCUT2D eigenvalue weighted by molar-refractivity contribution is 0.0294. The fourth-order valence-corrected chi connectivity index (χ4v) is 8.75. The maximum atomic E-state index is 14.1. The van der Waals surface area contributed by atoms with E-state index in [1.165, 1.54) is 110 Å². The zero-order valence-electron chi connectivity index (χ0n) is 36.2. The molecule has 0 rings (SSSR count). The first-order valence-corrected chi connectivity index (χ1v) is 26.4. The largest absolute Gasteiger partial charge is 0.399 e. The minimum Gasteiger partial charge on any atom is -0.320 e. The Hall–Kier alpha value is 0.0300. The molecule has 348 valence electrons. The molecule has 0 aromatic rings. The first-order chi connectivity index (χ1) is 26.8. The molecule has 0 aromatic carbocycles. The molecule has 0 saturated heterocycles. The lowest BCUT2D eigenvalue weighted by atomic mass is 10.0. The summed E-state index contributed by atoms with van der Waals surface area (Å²) < 4.78 is 130. The van der Waals surface area contributed by atoms with Crippen molar-refractivity contribution in [3.05, 3.63) is 0 Å². The van der Waals surface area contributed by atoms with E-state index in [1.807, 2.05) is 0 Å². The van der Waals surface area contributed by atoms with Crippen LogP contribution in [0.15, 0.2) is 0 Å². The van der Waals surface area contributed by atoms with Crippen molar-refractivity contribution < 1.29 is 67.9 Å². The van der Waals surface area contributed by atoms with Crippen LogP contribution in [0.5, 0.6) is 0 Å². The van der Waals surface area contributed by atoms with Crippen LogP contribution in [0.3, 0.4) is 0 Å². The topological polar surface area (TPSA) is 129 Å². The van der Waals surface area contributed by atoms with Gasteiger partial charge in [0.1, 0.15) is 0 Å². The smallest absolute Gasteiger partial charge is 0.320 e. The molecule has 0 heterocycles. The average molecular weight is 901 g/mol. The summed E-state index contributed by atoms with van der Waals surface area (Å²) in [6.45, 7) is 10.3. The van der Waals surface area contributed by atoms with Crippen molar-refractivity contribution in [2.45, 2.75) is 226 Å². The molecule has 0 aliphatic rings. The van der Waals surface area contributed by atoms with Crippen molar-refractivity contribution in [1.29, 1.82) is 0 Å². The summed E-state index contributed by atoms with van der Waals surface area (Å²) in [5.41, 5.74) is -7.25. The highest BCUT2D eigenvalue weighted by molar-refractivity contribution is 7.55. The predicted molar refractivity (Wildman–Crippen MR) is 221 cm³/mol. The zero-order valence-corrected chi connectivity index (χ0v) is 38.8. The van der Waals surface area contributed by atoms with Crippen LogP contribution in [-0.4, -0.2) is 53.7 Å². The molecule has 0 aliphatic carbocycles. The van der Waals surface area contributed by atoms with Crippen molar-refractivity contribution in [2.75, 3.05) is 26.4 Å². The number of alkyl halides is 6. The van der Waals surface area contributed by atoms with Crippen molar-refractivity contribution in [3.63, 3.8) is 0 Å². The summed E-state index contributed by atoms with van der Waals surface area (Å²) in [5.74, 6) is 0. The van der Waals surface area contributed by atoms with E-state index in [0.717, 1.165) is 38.5 Å². The normalized spacial score (nSPS) is 12.7. The summed E-state index contributed by atoms with van der Waals surface area (Å²) in [7, 11) is -13.7. The van der Waals surface area contributed by atoms with Gasteiger partial charge in [0.25, 0.3) is 0 Å². The number of halogens is 6. The molecule has 0 atom stereocenters. The van der Waals surface area contributed by atoms with Gasteiger partial charge in [-0.05, 0) is 40.5 Å². The van der Waals surface area contributed by atoms with Gasteiger partial charge in [0.15, 0.2) is 0 Å². The number of hydrogen-bond donors (Lipinski definition) is 2. The SMILES string of the molecule is CCCCCCCCCCCCCCC(F)(F)P(=O)(O)O.CCCCCCCCCCCCCCC(F)(F)P(=O)(OCC)OCC.CCOP(=O)(OCC)C(F)F. The standard InChI is InChI=1S/C19H39F2O3P.C15H31F2O3P.C5H11F2O3P/c1-4-7-8-9-10-11-12-13-14-15-16-17-18-19(20,21)25(22,23-5-2)24-6-3;1-2-3-4-5-6-7-8-9-10-11-12-13-14-15(16,17)21(18,19)20;1-3-9-11(8,5(6)7)10-4-2/h4-18H2,1-3H3;2-14H2,1H3,(H2,18,19,20);5H,3-4H2,1-2H3. The van der Waals surface area contributed by atoms with Gasteiger partial charge in [0, 0.05) is 12.8 Å². The van der Waals surface area contributed by atoms with Gasteiger partial charge in [-0.15, -0.1) is 0 Å². The molecular weight excluding hydrogens is 819 g/mol. The van der Waals surface area contributed by atoms with Gasteiger partial charge in [0.2, 0.25) is 0 Å². The third-order valence-corrected chi connectivity index (χ3v) is 14.0. The number of rotatable bonds is 37. The Bertz CT molecular complexity index is 1020. The highest BCUT2D eigenvalue weighted by Crippen LogP contribution is 2.63. The van der Waals surface area contributed by atoms with Crippen LogP contribution < -0.4 is 0 Å². The maximum Gasteiger partial charge on any atom is 0.399 e. The van der Waals surface area contributed by atoms with Crippen molar-refractivity contribution in [3.8, 4) is 0 Å². The Kier molecular flexibility index (Phi) is 40.6. The predicted octanol–water partition coefficient (Wildman–Crippen LogP) is 16.3. The molecule has 0 saturated carbocycles. The second-order valence-corrected chi connectivity index (χ2v) is 20.0. The van der Waals surface area contributed by atoms with Crippen LogP contribution >= 0.6 is 22.8 Å². The van der Waals surface area contributed by atoms with Crippen LogP contribution in [0, 0.1) is 0 Å². The lowest BCUT2D eigenvalue weighted by Gasteiger charge is -2.25. The van der Waals surface area contributed by atoms with Crippen LogP contribution in [0.4, 0.5) is 26.3 Å². The Labute approximate surface area is 342 Å². The Morgan fingerprint density at radius 3 is 0.895 bits per heavy atom. The molecule has 0 amide bonds. The van der Waals surface area contributed by atoms with Gasteiger partial charge < -0.3 is 27.9 Å². The van der Waals surface area contributed by atoms with E-state index >= 15 is 0 Å². The molecule has 57 heavy (non-hydrogen) atoms. The molecule has 0 bridgehead atoms. The van der Waals surface area contributed by atoms with Gasteiger partial charge in [-0.25, -0.2) is 0 Å². The van der Waals surface area contributed by atoms with Crippen molar-refractivity contribution >= 4 is 22.8 Å². The molecule has 0 fully saturated rings. The van der Waals surface area contributed by atoms with E-state index in [1.54, 1.807) is 13.8 Å². The minimum atomic E-state index is -5.28. The average Bonchev–Trinajstić information content (AvgIpc) is 3.13. The van der Waals surface area contributed by atoms with Crippen LogP contribution in [0.1, 0.15) is 208 Å². The minimum absolute atomic E-state index is 0.0364. The number of unbranched alkanes of at least 4 members (excludes halogenated alkanes) is 22. The Balaban J connectivity index is -0.000000822. The lowest BCUT2D eigenvalue weighted by Crippen LogP contribution is -2.20. The van der Waals surface area contributed by atoms with Crippen molar-refractivity contribution in [2.24, 2.45) is 0 Å². The molecule has 18 heteroatoms. The zero-order chi connectivity index (χ0) is 44.1. The second-order valence-electron chi connectivity index (χ2n) is 14.1. The summed E-state index contributed by atoms with van der Waals surface area (Å²) in [6.07, 6.45) is 22.0. The molecule has 2 N–H and O–H groups in total. The quantitative estimate of drug-likeness (QED) is 0.0356. The Morgan fingerprint density at radius 1 is 0.421 bits per heavy atom. The third-order valence-electron chi connectivity index (χ3n) is 8.94. The fourth-order valence-electron chi connectivity index (χ4n) is 5.72. The van der Waals surface area contributed by atoms with E-state index in [2.05, 4.69) is 22.9 Å². The van der Waals surface area contributed by atoms with Gasteiger partial charge in [0.05, 0.1) is 26.4 Å². The van der Waals surface area contributed by atoms with Crippen molar-refractivity contribution in [1.82, 2.24) is 0 Å². The molecule has 0 aliphatic heterocycles. The van der Waals surface area contributed by atoms with Crippen LogP contribution in [0.25, 0.3) is 0 Å². The molecule has 0 aromatic heterocycles. The molecular formula is C39H81F6O9P3. The number of hydrogen-bond acceptors (Lipinski definition) is 7. The summed E-state index contributed by atoms with van der Waals surface area (Å²) in [4.78, 5) is 17.0. The molecule has 9 nitrogen and oxygen atoms in total. The molecule has 0 radical (unpaired) electrons. The second kappa shape index (κ2) is 37.8. The summed E-state index contributed by atoms with van der Waals surface area (Å²) >= 11 is 0. The summed E-state index contributed by atoms with van der Waals surface area (Å²) in [5, 5.41) is 0. The van der Waals surface area contributed by atoms with E-state index in [-0.39, 0.29) is 32.8 Å². The van der Waals surface area contributed by atoms with Gasteiger partial charge in [-0.1, -0.05) is 155 Å². The highest BCUT2D eigenvalue weighted by Gasteiger charge is 2.52. The third kappa shape index (κ3) is 33.4. The van der Waals surface area contributed by atoms with Gasteiger partial charge >= 0.3 is 40.3 Å². The molecule has 0 spiro atoms. The van der Waals surface area contributed by atoms with Crippen LogP contribution in [-0.2, 0) is 31.8 Å². The van der Waals surface area contributed by atoms with E-state index in [4.69, 9.17) is 18.8 Å². The first-order valence-electron chi connectivity index (χ1n) is 21.7. The molecule has 0 unspecified atom stereocenters. The fraction of sp³-hybridized carbons (Fsp3) is 1.00. The van der Waals surface area contributed by atoms with Gasteiger partial charge in [-0.2, -0.15) is 26.3 Å². The first kappa shape index (κ1) is 61.3. The van der Waals surface area contributed by atoms with E-state index in [9.17, 15) is 40.0 Å². The van der Waals surface area contributed by atoms with E-state index in [0.29, 0.717) is 12.8 Å².